The Labute approximate surface area is 79.7 Å². The topological polar surface area (TPSA) is 75.7 Å². The third-order valence-corrected chi connectivity index (χ3v) is 1.96. The van der Waals surface area contributed by atoms with E-state index in [1.807, 2.05) is 0 Å². The molecule has 0 spiro atoms. The third kappa shape index (κ3) is 5.99. The number of hydrogen-bond acceptors (Lipinski definition) is 4. The lowest BCUT2D eigenvalue weighted by Crippen LogP contribution is -2.31. The van der Waals surface area contributed by atoms with Crippen LogP contribution >= 0.6 is 0 Å². The molecule has 0 saturated heterocycles. The van der Waals surface area contributed by atoms with E-state index in [1.54, 1.807) is 6.92 Å². The molecule has 0 bridgehead atoms. The summed E-state index contributed by atoms with van der Waals surface area (Å²) in [6.45, 7) is 3.40. The molecule has 0 aromatic carbocycles. The highest BCUT2D eigenvalue weighted by Crippen LogP contribution is 2.14. The van der Waals surface area contributed by atoms with Crippen LogP contribution in [0.2, 0.25) is 0 Å². The van der Waals surface area contributed by atoms with Crippen molar-refractivity contribution in [3.63, 3.8) is 0 Å². The molecule has 80 valence electrons. The molecule has 0 fully saturated rings. The SMILES string of the molecule is CC(CO)(CO)COCCCCN. The summed E-state index contributed by atoms with van der Waals surface area (Å²) in [6.07, 6.45) is 1.89. The first-order chi connectivity index (χ1) is 6.18. The summed E-state index contributed by atoms with van der Waals surface area (Å²) < 4.78 is 5.31. The normalized spacial score (nSPS) is 12.0. The molecule has 0 saturated carbocycles. The van der Waals surface area contributed by atoms with Gasteiger partial charge in [0.05, 0.1) is 19.8 Å². The highest BCUT2D eigenvalue weighted by Gasteiger charge is 2.22. The van der Waals surface area contributed by atoms with E-state index in [0.717, 1.165) is 12.8 Å². The van der Waals surface area contributed by atoms with Crippen molar-refractivity contribution < 1.29 is 14.9 Å². The van der Waals surface area contributed by atoms with Gasteiger partial charge in [0.25, 0.3) is 0 Å². The molecule has 4 nitrogen and oxygen atoms in total. The maximum absolute atomic E-state index is 8.93. The Morgan fingerprint density at radius 3 is 2.31 bits per heavy atom. The Kier molecular flexibility index (Phi) is 7.17. The maximum Gasteiger partial charge on any atom is 0.0563 e. The molecule has 13 heavy (non-hydrogen) atoms. The minimum Gasteiger partial charge on any atom is -0.396 e. The zero-order valence-corrected chi connectivity index (χ0v) is 8.33. The van der Waals surface area contributed by atoms with E-state index in [0.29, 0.717) is 19.8 Å². The average molecular weight is 191 g/mol. The molecule has 4 N–H and O–H groups in total. The van der Waals surface area contributed by atoms with Gasteiger partial charge in [-0.25, -0.2) is 0 Å². The molecule has 0 aliphatic carbocycles. The van der Waals surface area contributed by atoms with Gasteiger partial charge in [0.1, 0.15) is 0 Å². The fourth-order valence-electron chi connectivity index (χ4n) is 0.808. The lowest BCUT2D eigenvalue weighted by molar-refractivity contribution is -0.0167. The molecule has 0 rings (SSSR count). The minimum atomic E-state index is -0.511. The molecule has 0 aromatic heterocycles. The monoisotopic (exact) mass is 191 g/mol. The molecule has 0 amide bonds. The largest absolute Gasteiger partial charge is 0.396 e. The Morgan fingerprint density at radius 1 is 1.23 bits per heavy atom. The van der Waals surface area contributed by atoms with Gasteiger partial charge in [-0.15, -0.1) is 0 Å². The van der Waals surface area contributed by atoms with Gasteiger partial charge in [0.2, 0.25) is 0 Å². The number of nitrogens with two attached hydrogens (primary N) is 1. The van der Waals surface area contributed by atoms with E-state index in [1.165, 1.54) is 0 Å². The summed E-state index contributed by atoms with van der Waals surface area (Å²) in [5.41, 5.74) is 4.80. The van der Waals surface area contributed by atoms with Crippen LogP contribution in [-0.2, 0) is 4.74 Å². The Morgan fingerprint density at radius 2 is 1.85 bits per heavy atom. The van der Waals surface area contributed by atoms with Crippen LogP contribution in [0.5, 0.6) is 0 Å². The van der Waals surface area contributed by atoms with Crippen LogP contribution < -0.4 is 5.73 Å². The number of hydrogen-bond donors (Lipinski definition) is 3. The molecule has 0 aliphatic rings. The smallest absolute Gasteiger partial charge is 0.0563 e. The third-order valence-electron chi connectivity index (χ3n) is 1.96. The van der Waals surface area contributed by atoms with E-state index >= 15 is 0 Å². The van der Waals surface area contributed by atoms with Crippen molar-refractivity contribution in [2.24, 2.45) is 11.1 Å². The van der Waals surface area contributed by atoms with Crippen LogP contribution in [0.3, 0.4) is 0 Å². The van der Waals surface area contributed by atoms with Crippen LogP contribution in [0.15, 0.2) is 0 Å². The van der Waals surface area contributed by atoms with Crippen LogP contribution in [0, 0.1) is 5.41 Å². The Balaban J connectivity index is 3.39. The van der Waals surface area contributed by atoms with Gasteiger partial charge < -0.3 is 20.7 Å². The number of rotatable bonds is 8. The fourth-order valence-corrected chi connectivity index (χ4v) is 0.808. The average Bonchev–Trinajstić information content (AvgIpc) is 2.17. The summed E-state index contributed by atoms with van der Waals surface area (Å²) >= 11 is 0. The maximum atomic E-state index is 8.93. The van der Waals surface area contributed by atoms with E-state index < -0.39 is 5.41 Å². The van der Waals surface area contributed by atoms with Crippen molar-refractivity contribution in [2.75, 3.05) is 33.0 Å². The second-order valence-electron chi connectivity index (χ2n) is 3.68. The van der Waals surface area contributed by atoms with Gasteiger partial charge >= 0.3 is 0 Å². The van der Waals surface area contributed by atoms with Gasteiger partial charge in [-0.1, -0.05) is 6.92 Å². The van der Waals surface area contributed by atoms with Crippen LogP contribution in [0.1, 0.15) is 19.8 Å². The first kappa shape index (κ1) is 12.8. The van der Waals surface area contributed by atoms with Crippen molar-refractivity contribution in [1.82, 2.24) is 0 Å². The molecule has 0 aromatic rings. The molecule has 4 heteroatoms. The van der Waals surface area contributed by atoms with Crippen molar-refractivity contribution in [3.05, 3.63) is 0 Å². The second kappa shape index (κ2) is 7.26. The molecule has 0 radical (unpaired) electrons. The predicted molar refractivity (Wildman–Crippen MR) is 51.4 cm³/mol. The van der Waals surface area contributed by atoms with Gasteiger partial charge in [-0.3, -0.25) is 0 Å². The molecular weight excluding hydrogens is 170 g/mol. The van der Waals surface area contributed by atoms with Crippen LogP contribution in [0.4, 0.5) is 0 Å². The van der Waals surface area contributed by atoms with Gasteiger partial charge in [0.15, 0.2) is 0 Å². The lowest BCUT2D eigenvalue weighted by atomic mass is 9.95. The second-order valence-corrected chi connectivity index (χ2v) is 3.68. The highest BCUT2D eigenvalue weighted by atomic mass is 16.5. The van der Waals surface area contributed by atoms with E-state index in [4.69, 9.17) is 20.7 Å². The van der Waals surface area contributed by atoms with Gasteiger partial charge in [-0.2, -0.15) is 0 Å². The van der Waals surface area contributed by atoms with Crippen molar-refractivity contribution in [2.45, 2.75) is 19.8 Å². The first-order valence-electron chi connectivity index (χ1n) is 4.68. The van der Waals surface area contributed by atoms with Crippen LogP contribution in [-0.4, -0.2) is 43.2 Å². The zero-order chi connectivity index (χ0) is 10.2. The number of aliphatic hydroxyl groups excluding tert-OH is 2. The summed E-state index contributed by atoms with van der Waals surface area (Å²) in [5, 5.41) is 17.9. The van der Waals surface area contributed by atoms with Crippen LogP contribution in [0.25, 0.3) is 0 Å². The molecule has 0 aliphatic heterocycles. The Hall–Kier alpha value is -0.160. The summed E-state index contributed by atoms with van der Waals surface area (Å²) in [4.78, 5) is 0. The molecule has 0 heterocycles. The molecular formula is C9H21NO3. The van der Waals surface area contributed by atoms with Gasteiger partial charge in [0, 0.05) is 12.0 Å². The van der Waals surface area contributed by atoms with Gasteiger partial charge in [-0.05, 0) is 19.4 Å². The minimum absolute atomic E-state index is 0.0552. The van der Waals surface area contributed by atoms with Crippen molar-refractivity contribution in [1.29, 1.82) is 0 Å². The van der Waals surface area contributed by atoms with Crippen molar-refractivity contribution >= 4 is 0 Å². The quantitative estimate of drug-likeness (QED) is 0.462. The zero-order valence-electron chi connectivity index (χ0n) is 8.33. The van der Waals surface area contributed by atoms with E-state index in [-0.39, 0.29) is 13.2 Å². The Bertz CT molecular complexity index is 115. The number of aliphatic hydroxyl groups is 2. The summed E-state index contributed by atoms with van der Waals surface area (Å²) in [7, 11) is 0. The molecule has 0 atom stereocenters. The first-order valence-corrected chi connectivity index (χ1v) is 4.68. The number of ether oxygens (including phenoxy) is 1. The number of unbranched alkanes of at least 4 members (excludes halogenated alkanes) is 1. The van der Waals surface area contributed by atoms with E-state index in [9.17, 15) is 0 Å². The summed E-state index contributed by atoms with van der Waals surface area (Å²) in [5.74, 6) is 0. The standard InChI is InChI=1S/C9H21NO3/c1-9(6-11,7-12)8-13-5-3-2-4-10/h11-12H,2-8,10H2,1H3. The summed E-state index contributed by atoms with van der Waals surface area (Å²) in [6, 6.07) is 0. The highest BCUT2D eigenvalue weighted by molar-refractivity contribution is 4.70. The molecule has 0 unspecified atom stereocenters. The fraction of sp³-hybridized carbons (Fsp3) is 1.00. The predicted octanol–water partition coefficient (Wildman–Crippen LogP) is -0.267. The van der Waals surface area contributed by atoms with Crippen molar-refractivity contribution in [3.8, 4) is 0 Å². The van der Waals surface area contributed by atoms with E-state index in [2.05, 4.69) is 0 Å². The lowest BCUT2D eigenvalue weighted by Gasteiger charge is -2.24.